The molecule has 0 nitrogen and oxygen atoms in total. The summed E-state index contributed by atoms with van der Waals surface area (Å²) in [6.07, 6.45) is 5.86. The minimum absolute atomic E-state index is 0.187. The van der Waals surface area contributed by atoms with E-state index in [4.69, 9.17) is 0 Å². The first-order valence-corrected chi connectivity index (χ1v) is 11.3. The second kappa shape index (κ2) is 11.9. The number of hydrogen-bond donors (Lipinski definition) is 0. The molecule has 0 amide bonds. The molecule has 0 spiro atoms. The maximum Gasteiger partial charge on any atom is 0.139 e. The molecule has 3 rings (SSSR count). The van der Waals surface area contributed by atoms with Gasteiger partial charge in [0.1, 0.15) is 11.6 Å². The average Bonchev–Trinajstić information content (AvgIpc) is 2.79. The van der Waals surface area contributed by atoms with Crippen LogP contribution >= 0.6 is 0 Å². The number of benzene rings is 3. The molecule has 3 aromatic rings. The Morgan fingerprint density at radius 2 is 1.25 bits per heavy atom. The Kier molecular flexibility index (Phi) is 8.65. The number of rotatable bonds is 6. The molecule has 0 fully saturated rings. The van der Waals surface area contributed by atoms with Crippen LogP contribution in [0.15, 0.2) is 60.7 Å². The van der Waals surface area contributed by atoms with E-state index >= 15 is 0 Å². The van der Waals surface area contributed by atoms with Gasteiger partial charge in [-0.15, -0.1) is 0 Å². The van der Waals surface area contributed by atoms with Crippen LogP contribution < -0.4 is 0 Å². The summed E-state index contributed by atoms with van der Waals surface area (Å²) in [5.74, 6) is 11.5. The summed E-state index contributed by atoms with van der Waals surface area (Å²) >= 11 is 0. The SMILES string of the molecule is CCCCCc1ccc(C#Cc2ccc(C#Cc3ccc(CCC)cc3F)cc2)cc1F. The maximum atomic E-state index is 14.3. The van der Waals surface area contributed by atoms with Crippen LogP contribution in [0.4, 0.5) is 8.78 Å². The van der Waals surface area contributed by atoms with Gasteiger partial charge in [0.15, 0.2) is 0 Å². The predicted molar refractivity (Wildman–Crippen MR) is 128 cm³/mol. The van der Waals surface area contributed by atoms with Crippen LogP contribution in [0.5, 0.6) is 0 Å². The lowest BCUT2D eigenvalue weighted by molar-refractivity contribution is 0.598. The van der Waals surface area contributed by atoms with Gasteiger partial charge in [0.05, 0.1) is 5.56 Å². The quantitative estimate of drug-likeness (QED) is 0.284. The molecule has 0 radical (unpaired) electrons. The van der Waals surface area contributed by atoms with Crippen molar-refractivity contribution in [1.29, 1.82) is 0 Å². The molecule has 0 bridgehead atoms. The van der Waals surface area contributed by atoms with Crippen molar-refractivity contribution in [1.82, 2.24) is 0 Å². The van der Waals surface area contributed by atoms with Gasteiger partial charge in [-0.05, 0) is 78.9 Å². The fraction of sp³-hybridized carbons (Fsp3) is 0.267. The van der Waals surface area contributed by atoms with Crippen LogP contribution in [0, 0.1) is 35.3 Å². The largest absolute Gasteiger partial charge is 0.207 e. The molecule has 0 aliphatic rings. The van der Waals surface area contributed by atoms with Gasteiger partial charge in [0, 0.05) is 16.7 Å². The van der Waals surface area contributed by atoms with Crippen molar-refractivity contribution in [3.63, 3.8) is 0 Å². The van der Waals surface area contributed by atoms with Crippen LogP contribution in [0.3, 0.4) is 0 Å². The van der Waals surface area contributed by atoms with Gasteiger partial charge in [0.2, 0.25) is 0 Å². The second-order valence-electron chi connectivity index (χ2n) is 7.90. The third-order valence-corrected chi connectivity index (χ3v) is 5.25. The smallest absolute Gasteiger partial charge is 0.139 e. The Bertz CT molecular complexity index is 1170. The Balaban J connectivity index is 1.66. The molecule has 0 N–H and O–H groups in total. The van der Waals surface area contributed by atoms with E-state index in [1.54, 1.807) is 12.1 Å². The standard InChI is InChI=1S/C30H28F2/c1-3-5-6-8-27-19-17-26(22-29(27)31)14-13-23-9-11-24(12-10-23)15-18-28-20-16-25(7-4-2)21-30(28)32/h9-12,16-17,19-22H,3-8H2,1-2H3. The van der Waals surface area contributed by atoms with E-state index in [0.717, 1.165) is 60.8 Å². The zero-order chi connectivity index (χ0) is 22.8. The van der Waals surface area contributed by atoms with Crippen LogP contribution in [-0.4, -0.2) is 0 Å². The van der Waals surface area contributed by atoms with Gasteiger partial charge >= 0.3 is 0 Å². The molecule has 0 aliphatic carbocycles. The first-order chi connectivity index (χ1) is 15.6. The third-order valence-electron chi connectivity index (χ3n) is 5.25. The van der Waals surface area contributed by atoms with Crippen molar-refractivity contribution in [2.75, 3.05) is 0 Å². The number of hydrogen-bond acceptors (Lipinski definition) is 0. The summed E-state index contributed by atoms with van der Waals surface area (Å²) in [4.78, 5) is 0. The first kappa shape index (κ1) is 23.3. The molecule has 0 unspecified atom stereocenters. The Morgan fingerprint density at radius 3 is 1.88 bits per heavy atom. The zero-order valence-electron chi connectivity index (χ0n) is 18.8. The van der Waals surface area contributed by atoms with Crippen molar-refractivity contribution in [3.05, 3.63) is 106 Å². The highest BCUT2D eigenvalue weighted by molar-refractivity contribution is 5.48. The fourth-order valence-electron chi connectivity index (χ4n) is 3.42. The normalized spacial score (nSPS) is 10.1. The Morgan fingerprint density at radius 1 is 0.594 bits per heavy atom. The molecule has 0 heterocycles. The van der Waals surface area contributed by atoms with Gasteiger partial charge < -0.3 is 0 Å². The van der Waals surface area contributed by atoms with Gasteiger partial charge in [-0.2, -0.15) is 0 Å². The second-order valence-corrected chi connectivity index (χ2v) is 7.90. The molecule has 0 saturated carbocycles. The van der Waals surface area contributed by atoms with Crippen molar-refractivity contribution in [3.8, 4) is 23.7 Å². The highest BCUT2D eigenvalue weighted by atomic mass is 19.1. The van der Waals surface area contributed by atoms with E-state index in [0.29, 0.717) is 11.1 Å². The van der Waals surface area contributed by atoms with E-state index < -0.39 is 0 Å². The minimum atomic E-state index is -0.283. The molecule has 0 atom stereocenters. The zero-order valence-corrected chi connectivity index (χ0v) is 18.8. The van der Waals surface area contributed by atoms with Gasteiger partial charge in [0.25, 0.3) is 0 Å². The molecule has 0 saturated heterocycles. The van der Waals surface area contributed by atoms with Gasteiger partial charge in [-0.25, -0.2) is 8.78 Å². The maximum absolute atomic E-state index is 14.3. The molecular weight excluding hydrogens is 398 g/mol. The Hall–Kier alpha value is -3.36. The lowest BCUT2D eigenvalue weighted by Gasteiger charge is -2.03. The molecule has 162 valence electrons. The van der Waals surface area contributed by atoms with E-state index in [2.05, 4.69) is 37.5 Å². The lowest BCUT2D eigenvalue weighted by atomic mass is 10.0. The summed E-state index contributed by atoms with van der Waals surface area (Å²) in [5, 5.41) is 0. The third kappa shape index (κ3) is 6.83. The lowest BCUT2D eigenvalue weighted by Crippen LogP contribution is -1.92. The molecule has 2 heteroatoms. The summed E-state index contributed by atoms with van der Waals surface area (Å²) in [7, 11) is 0. The highest BCUT2D eigenvalue weighted by Gasteiger charge is 2.03. The summed E-state index contributed by atoms with van der Waals surface area (Å²) < 4.78 is 28.4. The summed E-state index contributed by atoms with van der Waals surface area (Å²) in [6.45, 7) is 4.21. The average molecular weight is 427 g/mol. The van der Waals surface area contributed by atoms with Crippen molar-refractivity contribution in [2.24, 2.45) is 0 Å². The molecule has 0 aliphatic heterocycles. The molecule has 0 aromatic heterocycles. The predicted octanol–water partition coefficient (Wildman–Crippen LogP) is 7.45. The van der Waals surface area contributed by atoms with E-state index in [1.165, 1.54) is 6.07 Å². The van der Waals surface area contributed by atoms with Crippen molar-refractivity contribution in [2.45, 2.75) is 52.4 Å². The molecule has 32 heavy (non-hydrogen) atoms. The number of unbranched alkanes of at least 4 members (excludes halogenated alkanes) is 2. The van der Waals surface area contributed by atoms with Crippen LogP contribution in [0.1, 0.15) is 72.9 Å². The van der Waals surface area contributed by atoms with Gasteiger partial charge in [-0.3, -0.25) is 0 Å². The summed E-state index contributed by atoms with van der Waals surface area (Å²) in [5.41, 5.74) is 4.41. The van der Waals surface area contributed by atoms with Crippen molar-refractivity contribution >= 4 is 0 Å². The number of halogens is 2. The van der Waals surface area contributed by atoms with Crippen LogP contribution in [-0.2, 0) is 12.8 Å². The molecule has 3 aromatic carbocycles. The first-order valence-electron chi connectivity index (χ1n) is 11.3. The topological polar surface area (TPSA) is 0 Å². The van der Waals surface area contributed by atoms with Crippen LogP contribution in [0.25, 0.3) is 0 Å². The monoisotopic (exact) mass is 426 g/mol. The van der Waals surface area contributed by atoms with Crippen LogP contribution in [0.2, 0.25) is 0 Å². The van der Waals surface area contributed by atoms with Crippen molar-refractivity contribution < 1.29 is 8.78 Å². The Labute approximate surface area is 190 Å². The van der Waals surface area contributed by atoms with E-state index in [9.17, 15) is 8.78 Å². The van der Waals surface area contributed by atoms with E-state index in [-0.39, 0.29) is 11.6 Å². The minimum Gasteiger partial charge on any atom is -0.207 e. The molecular formula is C30H28F2. The highest BCUT2D eigenvalue weighted by Crippen LogP contribution is 2.14. The fourth-order valence-corrected chi connectivity index (χ4v) is 3.42. The van der Waals surface area contributed by atoms with Gasteiger partial charge in [-0.1, -0.05) is 68.9 Å². The van der Waals surface area contributed by atoms with E-state index in [1.807, 2.05) is 42.5 Å². The summed E-state index contributed by atoms with van der Waals surface area (Å²) in [6, 6.07) is 17.9. The number of aryl methyl sites for hydroxylation is 2.